The summed E-state index contributed by atoms with van der Waals surface area (Å²) in [6, 6.07) is 7.94. The van der Waals surface area contributed by atoms with Gasteiger partial charge in [0.05, 0.1) is 0 Å². The summed E-state index contributed by atoms with van der Waals surface area (Å²) < 4.78 is 25.9. The second-order valence-electron chi connectivity index (χ2n) is 5.78. The maximum Gasteiger partial charge on any atom is 0.249 e. The first-order valence-electron chi connectivity index (χ1n) is 6.76. The lowest BCUT2D eigenvalue weighted by Gasteiger charge is -2.20. The first-order valence-corrected chi connectivity index (χ1v) is 6.76. The van der Waals surface area contributed by atoms with Crippen LogP contribution in [0, 0.1) is 5.92 Å². The third-order valence-electron chi connectivity index (χ3n) is 3.85. The van der Waals surface area contributed by atoms with Crippen LogP contribution in [0.25, 0.3) is 0 Å². The number of benzene rings is 1. The molecule has 2 unspecified atom stereocenters. The highest BCUT2D eigenvalue weighted by molar-refractivity contribution is 5.26. The maximum absolute atomic E-state index is 12.9. The van der Waals surface area contributed by atoms with Crippen LogP contribution in [0.2, 0.25) is 0 Å². The zero-order valence-electron chi connectivity index (χ0n) is 11.6. The normalized spacial score (nSPS) is 24.9. The lowest BCUT2D eigenvalue weighted by molar-refractivity contribution is 0.0226. The molecule has 0 spiro atoms. The predicted molar refractivity (Wildman–Crippen MR) is 73.3 cm³/mol. The third kappa shape index (κ3) is 3.74. The number of likely N-dealkylation sites (tertiary alicyclic amines) is 1. The molecule has 1 saturated heterocycles. The van der Waals surface area contributed by atoms with Crippen molar-refractivity contribution in [2.75, 3.05) is 20.1 Å². The van der Waals surface area contributed by atoms with Gasteiger partial charge >= 0.3 is 0 Å². The highest BCUT2D eigenvalue weighted by Crippen LogP contribution is 2.33. The molecule has 2 nitrogen and oxygen atoms in total. The molecule has 0 aliphatic carbocycles. The van der Waals surface area contributed by atoms with Crippen LogP contribution in [-0.4, -0.2) is 31.0 Å². The van der Waals surface area contributed by atoms with E-state index in [1.807, 2.05) is 24.3 Å². The number of nitrogens with two attached hydrogens (primary N) is 1. The molecule has 1 aliphatic heterocycles. The van der Waals surface area contributed by atoms with Crippen molar-refractivity contribution in [2.45, 2.75) is 31.7 Å². The lowest BCUT2D eigenvalue weighted by Crippen LogP contribution is -2.20. The van der Waals surface area contributed by atoms with Crippen molar-refractivity contribution in [2.24, 2.45) is 11.7 Å². The van der Waals surface area contributed by atoms with Gasteiger partial charge in [-0.05, 0) is 44.0 Å². The van der Waals surface area contributed by atoms with Crippen LogP contribution in [0.1, 0.15) is 30.5 Å². The van der Waals surface area contributed by atoms with Gasteiger partial charge in [0.25, 0.3) is 0 Å². The fraction of sp³-hybridized carbons (Fsp3) is 0.600. The largest absolute Gasteiger partial charge is 0.330 e. The second kappa shape index (κ2) is 5.55. The van der Waals surface area contributed by atoms with Crippen LogP contribution in [-0.2, 0) is 6.42 Å². The molecule has 1 fully saturated rings. The first-order chi connectivity index (χ1) is 8.89. The summed E-state index contributed by atoms with van der Waals surface area (Å²) in [5.41, 5.74) is 7.60. The second-order valence-corrected chi connectivity index (χ2v) is 5.78. The van der Waals surface area contributed by atoms with E-state index in [9.17, 15) is 8.78 Å². The fourth-order valence-electron chi connectivity index (χ4n) is 2.88. The number of hydrogen-bond acceptors (Lipinski definition) is 2. The number of rotatable bonds is 4. The van der Waals surface area contributed by atoms with E-state index >= 15 is 0 Å². The van der Waals surface area contributed by atoms with Crippen LogP contribution in [0.5, 0.6) is 0 Å². The highest BCUT2D eigenvalue weighted by atomic mass is 19.3. The van der Waals surface area contributed by atoms with Gasteiger partial charge in [-0.1, -0.05) is 24.3 Å². The van der Waals surface area contributed by atoms with Crippen LogP contribution < -0.4 is 5.73 Å². The van der Waals surface area contributed by atoms with E-state index < -0.39 is 5.92 Å². The Morgan fingerprint density at radius 3 is 2.42 bits per heavy atom. The van der Waals surface area contributed by atoms with Gasteiger partial charge in [-0.25, -0.2) is 8.78 Å². The lowest BCUT2D eigenvalue weighted by atomic mass is 9.98. The molecule has 1 aromatic rings. The Kier molecular flexibility index (Phi) is 4.21. The van der Waals surface area contributed by atoms with Crippen LogP contribution in [0.4, 0.5) is 8.78 Å². The minimum absolute atomic E-state index is 0.195. The molecule has 2 N–H and O–H groups in total. The summed E-state index contributed by atoms with van der Waals surface area (Å²) in [6.45, 7) is 2.68. The Morgan fingerprint density at radius 1 is 1.32 bits per heavy atom. The fourth-order valence-corrected chi connectivity index (χ4v) is 2.88. The van der Waals surface area contributed by atoms with Crippen LogP contribution in [0.15, 0.2) is 24.3 Å². The van der Waals surface area contributed by atoms with Crippen molar-refractivity contribution in [3.8, 4) is 0 Å². The third-order valence-corrected chi connectivity index (χ3v) is 3.85. The van der Waals surface area contributed by atoms with E-state index in [0.29, 0.717) is 24.1 Å². The van der Waals surface area contributed by atoms with Gasteiger partial charge in [0.2, 0.25) is 5.92 Å². The standard InChI is InChI=1S/C15H22F2N2/c1-15(16,17)8-11-3-5-13(6-4-11)14-7-12(9-18)10-19(14)2/h3-6,12,14H,7-10,18H2,1-2H3. The zero-order chi connectivity index (χ0) is 14.0. The molecule has 19 heavy (non-hydrogen) atoms. The molecule has 2 atom stereocenters. The molecule has 2 rings (SSSR count). The van der Waals surface area contributed by atoms with Crippen molar-refractivity contribution in [1.82, 2.24) is 4.90 Å². The van der Waals surface area contributed by atoms with Gasteiger partial charge in [0.1, 0.15) is 0 Å². The minimum atomic E-state index is -2.64. The van der Waals surface area contributed by atoms with E-state index in [0.717, 1.165) is 19.9 Å². The maximum atomic E-state index is 12.9. The average Bonchev–Trinajstić information content (AvgIpc) is 2.70. The van der Waals surface area contributed by atoms with Gasteiger partial charge in [-0.2, -0.15) is 0 Å². The minimum Gasteiger partial charge on any atom is -0.330 e. The molecule has 106 valence electrons. The zero-order valence-corrected chi connectivity index (χ0v) is 11.6. The van der Waals surface area contributed by atoms with E-state index in [2.05, 4.69) is 11.9 Å². The van der Waals surface area contributed by atoms with Gasteiger partial charge < -0.3 is 5.73 Å². The van der Waals surface area contributed by atoms with Crippen LogP contribution in [0.3, 0.4) is 0 Å². The quantitative estimate of drug-likeness (QED) is 0.910. The Labute approximate surface area is 113 Å². The predicted octanol–water partition coefficient (Wildman–Crippen LogP) is 2.84. The SMILES string of the molecule is CN1CC(CN)CC1c1ccc(CC(C)(F)F)cc1. The summed E-state index contributed by atoms with van der Waals surface area (Å²) in [5, 5.41) is 0. The van der Waals surface area contributed by atoms with E-state index in [1.165, 1.54) is 5.56 Å². The molecule has 1 aliphatic rings. The number of halogens is 2. The smallest absolute Gasteiger partial charge is 0.249 e. The van der Waals surface area contributed by atoms with Gasteiger partial charge in [-0.3, -0.25) is 4.90 Å². The summed E-state index contributed by atoms with van der Waals surface area (Å²) >= 11 is 0. The first kappa shape index (κ1) is 14.4. The van der Waals surface area contributed by atoms with Crippen molar-refractivity contribution in [3.63, 3.8) is 0 Å². The van der Waals surface area contributed by atoms with Crippen molar-refractivity contribution in [3.05, 3.63) is 35.4 Å². The van der Waals surface area contributed by atoms with Gasteiger partial charge in [0, 0.05) is 19.0 Å². The molecule has 1 aromatic carbocycles. The average molecular weight is 268 g/mol. The summed E-state index contributed by atoms with van der Waals surface area (Å²) in [6.07, 6.45) is 0.857. The summed E-state index contributed by atoms with van der Waals surface area (Å²) in [5.74, 6) is -2.11. The molecule has 4 heteroatoms. The monoisotopic (exact) mass is 268 g/mol. The van der Waals surface area contributed by atoms with E-state index in [-0.39, 0.29) is 6.42 Å². The summed E-state index contributed by atoms with van der Waals surface area (Å²) in [7, 11) is 2.09. The molecule has 0 aromatic heterocycles. The van der Waals surface area contributed by atoms with Crippen molar-refractivity contribution < 1.29 is 8.78 Å². The highest BCUT2D eigenvalue weighted by Gasteiger charge is 2.29. The number of alkyl halides is 2. The molecule has 0 radical (unpaired) electrons. The van der Waals surface area contributed by atoms with Gasteiger partial charge in [0.15, 0.2) is 0 Å². The topological polar surface area (TPSA) is 29.3 Å². The molecule has 0 saturated carbocycles. The molecule has 1 heterocycles. The number of nitrogens with zero attached hydrogens (tertiary/aromatic N) is 1. The Balaban J connectivity index is 2.06. The Bertz CT molecular complexity index is 411. The van der Waals surface area contributed by atoms with Gasteiger partial charge in [-0.15, -0.1) is 0 Å². The van der Waals surface area contributed by atoms with Crippen molar-refractivity contribution in [1.29, 1.82) is 0 Å². The molecule has 0 amide bonds. The Hall–Kier alpha value is -1.00. The summed E-state index contributed by atoms with van der Waals surface area (Å²) in [4.78, 5) is 2.29. The van der Waals surface area contributed by atoms with E-state index in [4.69, 9.17) is 5.73 Å². The number of hydrogen-bond donors (Lipinski definition) is 1. The molecule has 0 bridgehead atoms. The van der Waals surface area contributed by atoms with E-state index in [1.54, 1.807) is 0 Å². The van der Waals surface area contributed by atoms with Crippen molar-refractivity contribution >= 4 is 0 Å². The molecular weight excluding hydrogens is 246 g/mol. The molecular formula is C15H22F2N2. The van der Waals surface area contributed by atoms with Crippen LogP contribution >= 0.6 is 0 Å². The Morgan fingerprint density at radius 2 is 1.95 bits per heavy atom.